The van der Waals surface area contributed by atoms with Gasteiger partial charge < -0.3 is 4.90 Å². The lowest BCUT2D eigenvalue weighted by molar-refractivity contribution is 0.597. The van der Waals surface area contributed by atoms with Crippen molar-refractivity contribution >= 4 is 0 Å². The van der Waals surface area contributed by atoms with E-state index in [9.17, 15) is 0 Å². The zero-order valence-corrected chi connectivity index (χ0v) is 6.52. The maximum absolute atomic E-state index is 2.90. The third-order valence-corrected chi connectivity index (χ3v) is 0.649. The fourth-order valence-corrected chi connectivity index (χ4v) is 0.306. The van der Waals surface area contributed by atoms with Gasteiger partial charge in [-0.2, -0.15) is 0 Å². The summed E-state index contributed by atoms with van der Waals surface area (Å²) in [6, 6.07) is 2.88. The highest BCUT2D eigenvalue weighted by Crippen LogP contribution is 1.84. The molecular weight excluding hydrogens is 110 g/mol. The Morgan fingerprint density at radius 1 is 1.33 bits per heavy atom. The minimum absolute atomic E-state index is 1.24. The molecule has 0 spiro atoms. The van der Waals surface area contributed by atoms with Crippen molar-refractivity contribution in [3.63, 3.8) is 0 Å². The third kappa shape index (κ3) is 7.10. The lowest BCUT2D eigenvalue weighted by atomic mass is 10.3. The van der Waals surface area contributed by atoms with Gasteiger partial charge in [0.05, 0.1) is 0 Å². The van der Waals surface area contributed by atoms with Crippen molar-refractivity contribution in [1.82, 2.24) is 4.90 Å². The van der Waals surface area contributed by atoms with Crippen molar-refractivity contribution < 1.29 is 0 Å². The van der Waals surface area contributed by atoms with Crippen LogP contribution in [0.1, 0.15) is 13.8 Å². The lowest BCUT2D eigenvalue weighted by Crippen LogP contribution is -2.00. The Hall–Kier alpha value is -0.900. The molecule has 0 aromatic heterocycles. The zero-order chi connectivity index (χ0) is 7.28. The van der Waals surface area contributed by atoms with Gasteiger partial charge in [-0.15, -0.1) is 0 Å². The molecule has 0 rings (SSSR count). The zero-order valence-electron chi connectivity index (χ0n) is 6.52. The molecule has 0 fully saturated rings. The summed E-state index contributed by atoms with van der Waals surface area (Å²) in [5, 5.41) is 0. The van der Waals surface area contributed by atoms with Crippen LogP contribution in [0.15, 0.2) is 11.6 Å². The number of nitrogens with zero attached hydrogens (tertiary/aromatic N) is 1. The Morgan fingerprint density at radius 2 is 1.89 bits per heavy atom. The van der Waals surface area contributed by atoms with Crippen LogP contribution in [0, 0.1) is 12.0 Å². The fraction of sp³-hybridized carbons (Fsp3) is 0.500. The van der Waals surface area contributed by atoms with Crippen molar-refractivity contribution in [3.05, 3.63) is 11.6 Å². The highest BCUT2D eigenvalue weighted by atomic mass is 15.0. The molecule has 0 aliphatic heterocycles. The van der Waals surface area contributed by atoms with Crippen LogP contribution in [0.4, 0.5) is 0 Å². The molecule has 0 aliphatic carbocycles. The molecule has 0 saturated heterocycles. The molecule has 0 aromatic rings. The van der Waals surface area contributed by atoms with Crippen LogP contribution in [-0.2, 0) is 0 Å². The summed E-state index contributed by atoms with van der Waals surface area (Å²) in [7, 11) is 3.84. The number of hydrogen-bond acceptors (Lipinski definition) is 1. The van der Waals surface area contributed by atoms with Gasteiger partial charge in [0.15, 0.2) is 0 Å². The van der Waals surface area contributed by atoms with Crippen molar-refractivity contribution in [2.75, 3.05) is 14.1 Å². The predicted molar refractivity (Wildman–Crippen MR) is 40.9 cm³/mol. The molecule has 0 saturated carbocycles. The Balaban J connectivity index is 3.76. The summed E-state index contributed by atoms with van der Waals surface area (Å²) in [6.07, 6.45) is 1.90. The van der Waals surface area contributed by atoms with Crippen molar-refractivity contribution in [1.29, 1.82) is 0 Å². The van der Waals surface area contributed by atoms with Gasteiger partial charge in [0.2, 0.25) is 0 Å². The van der Waals surface area contributed by atoms with Crippen LogP contribution >= 0.6 is 0 Å². The minimum Gasteiger partial charge on any atom is -0.338 e. The monoisotopic (exact) mass is 123 g/mol. The van der Waals surface area contributed by atoms with E-state index in [4.69, 9.17) is 0 Å². The first-order valence-electron chi connectivity index (χ1n) is 2.95. The van der Waals surface area contributed by atoms with Crippen LogP contribution in [-0.4, -0.2) is 19.0 Å². The second kappa shape index (κ2) is 4.03. The Labute approximate surface area is 57.4 Å². The first-order chi connectivity index (χ1) is 4.13. The molecule has 0 unspecified atom stereocenters. The molecule has 0 heterocycles. The third-order valence-electron chi connectivity index (χ3n) is 0.649. The maximum Gasteiger partial charge on any atom is 0.0144 e. The average molecular weight is 123 g/mol. The van der Waals surface area contributed by atoms with Crippen molar-refractivity contribution in [3.8, 4) is 12.0 Å². The fourth-order valence-electron chi connectivity index (χ4n) is 0.306. The van der Waals surface area contributed by atoms with Crippen LogP contribution in [0.5, 0.6) is 0 Å². The van der Waals surface area contributed by atoms with E-state index in [2.05, 4.69) is 12.0 Å². The van der Waals surface area contributed by atoms with Crippen molar-refractivity contribution in [2.45, 2.75) is 13.8 Å². The van der Waals surface area contributed by atoms with Crippen LogP contribution in [0.2, 0.25) is 0 Å². The molecule has 0 N–H and O–H groups in total. The smallest absolute Gasteiger partial charge is 0.0144 e. The van der Waals surface area contributed by atoms with Gasteiger partial charge in [-0.05, 0) is 19.9 Å². The standard InChI is InChI=1S/C8H13N/c1-8(2)6-5-7-9(3)4/h6H,1-4H3. The number of hydrogen-bond donors (Lipinski definition) is 0. The second-order valence-electron chi connectivity index (χ2n) is 2.37. The van der Waals surface area contributed by atoms with E-state index in [1.807, 2.05) is 38.9 Å². The maximum atomic E-state index is 2.90. The van der Waals surface area contributed by atoms with Crippen LogP contribution in [0.25, 0.3) is 0 Å². The molecular formula is C8H13N. The SMILES string of the molecule is CC(C)=CC#CN(C)C. The number of allylic oxidation sites excluding steroid dienone is 2. The van der Waals surface area contributed by atoms with Crippen LogP contribution < -0.4 is 0 Å². The van der Waals surface area contributed by atoms with Gasteiger partial charge in [0.25, 0.3) is 0 Å². The van der Waals surface area contributed by atoms with E-state index >= 15 is 0 Å². The molecule has 1 nitrogen and oxygen atoms in total. The highest BCUT2D eigenvalue weighted by molar-refractivity contribution is 5.17. The largest absolute Gasteiger partial charge is 0.338 e. The predicted octanol–water partition coefficient (Wildman–Crippen LogP) is 1.48. The van der Waals surface area contributed by atoms with Gasteiger partial charge in [-0.3, -0.25) is 0 Å². The Bertz CT molecular complexity index is 151. The molecule has 0 amide bonds. The summed E-state index contributed by atoms with van der Waals surface area (Å²) in [5.74, 6) is 2.90. The van der Waals surface area contributed by atoms with E-state index in [1.54, 1.807) is 0 Å². The molecule has 0 bridgehead atoms. The van der Waals surface area contributed by atoms with Gasteiger partial charge in [0.1, 0.15) is 0 Å². The number of rotatable bonds is 0. The van der Waals surface area contributed by atoms with Gasteiger partial charge in [-0.1, -0.05) is 11.5 Å². The highest BCUT2D eigenvalue weighted by Gasteiger charge is 1.71. The van der Waals surface area contributed by atoms with E-state index in [-0.39, 0.29) is 0 Å². The van der Waals surface area contributed by atoms with E-state index in [0.29, 0.717) is 0 Å². The van der Waals surface area contributed by atoms with Gasteiger partial charge >= 0.3 is 0 Å². The summed E-state index contributed by atoms with van der Waals surface area (Å²) >= 11 is 0. The lowest BCUT2D eigenvalue weighted by Gasteiger charge is -1.95. The molecule has 0 radical (unpaired) electrons. The van der Waals surface area contributed by atoms with E-state index in [0.717, 1.165) is 0 Å². The minimum atomic E-state index is 1.24. The average Bonchev–Trinajstić information content (AvgIpc) is 1.63. The van der Waals surface area contributed by atoms with E-state index in [1.165, 1.54) is 5.57 Å². The summed E-state index contributed by atoms with van der Waals surface area (Å²) in [6.45, 7) is 4.06. The van der Waals surface area contributed by atoms with E-state index < -0.39 is 0 Å². The normalized spacial score (nSPS) is 7.11. The Morgan fingerprint density at radius 3 is 2.22 bits per heavy atom. The summed E-state index contributed by atoms with van der Waals surface area (Å²) < 4.78 is 0. The van der Waals surface area contributed by atoms with Gasteiger partial charge in [0, 0.05) is 20.1 Å². The first kappa shape index (κ1) is 8.10. The molecule has 0 aromatic carbocycles. The Kier molecular flexibility index (Phi) is 3.62. The topological polar surface area (TPSA) is 3.24 Å². The molecule has 0 atom stereocenters. The molecule has 1 heteroatoms. The summed E-state index contributed by atoms with van der Waals surface area (Å²) in [4.78, 5) is 1.83. The van der Waals surface area contributed by atoms with Gasteiger partial charge in [-0.25, -0.2) is 0 Å². The van der Waals surface area contributed by atoms with Crippen molar-refractivity contribution in [2.24, 2.45) is 0 Å². The molecule has 50 valence electrons. The molecule has 9 heavy (non-hydrogen) atoms. The van der Waals surface area contributed by atoms with Crippen LogP contribution in [0.3, 0.4) is 0 Å². The first-order valence-corrected chi connectivity index (χ1v) is 2.95. The second-order valence-corrected chi connectivity index (χ2v) is 2.37. The quantitative estimate of drug-likeness (QED) is 0.348. The molecule has 0 aliphatic rings. The summed E-state index contributed by atoms with van der Waals surface area (Å²) in [5.41, 5.74) is 1.24.